The van der Waals surface area contributed by atoms with E-state index < -0.39 is 42.1 Å². The largest absolute Gasteiger partial charge is 0.396 e. The van der Waals surface area contributed by atoms with Gasteiger partial charge in [0.25, 0.3) is 0 Å². The van der Waals surface area contributed by atoms with Crippen LogP contribution >= 0.6 is 0 Å². The summed E-state index contributed by atoms with van der Waals surface area (Å²) in [6.07, 6.45) is -0.930. The Morgan fingerprint density at radius 3 is 2.53 bits per heavy atom. The Labute approximate surface area is 83.1 Å². The number of halogens is 4. The molecule has 1 aliphatic rings. The van der Waals surface area contributed by atoms with Gasteiger partial charge in [0, 0.05) is 6.08 Å². The Morgan fingerprint density at radius 1 is 1.47 bits per heavy atom. The SMILES string of the molecule is N#CCC1(F)C(F)=CC(F)=C(F)C1CO. The van der Waals surface area contributed by atoms with E-state index >= 15 is 0 Å². The summed E-state index contributed by atoms with van der Waals surface area (Å²) >= 11 is 0. The summed E-state index contributed by atoms with van der Waals surface area (Å²) in [4.78, 5) is 0. The maximum Gasteiger partial charge on any atom is 0.186 e. The number of alkyl halides is 1. The molecule has 0 fully saturated rings. The van der Waals surface area contributed by atoms with Crippen molar-refractivity contribution in [3.63, 3.8) is 0 Å². The normalized spacial score (nSPS) is 31.2. The number of hydrogen-bond acceptors (Lipinski definition) is 2. The minimum atomic E-state index is -2.98. The van der Waals surface area contributed by atoms with Crippen LogP contribution in [0.5, 0.6) is 0 Å². The first kappa shape index (κ1) is 11.7. The van der Waals surface area contributed by atoms with Crippen LogP contribution < -0.4 is 0 Å². The van der Waals surface area contributed by atoms with Crippen LogP contribution in [0.2, 0.25) is 0 Å². The Balaban J connectivity index is 3.21. The van der Waals surface area contributed by atoms with E-state index in [1.54, 1.807) is 0 Å². The predicted octanol–water partition coefficient (Wildman–Crippen LogP) is 2.23. The van der Waals surface area contributed by atoms with Gasteiger partial charge >= 0.3 is 0 Å². The zero-order valence-electron chi connectivity index (χ0n) is 7.48. The molecule has 0 bridgehead atoms. The second kappa shape index (κ2) is 4.03. The molecule has 0 aromatic carbocycles. The van der Waals surface area contributed by atoms with Gasteiger partial charge in [0.2, 0.25) is 0 Å². The summed E-state index contributed by atoms with van der Waals surface area (Å²) < 4.78 is 52.5. The molecule has 2 nitrogen and oxygen atoms in total. The molecule has 0 aliphatic heterocycles. The topological polar surface area (TPSA) is 44.0 Å². The first-order chi connectivity index (χ1) is 6.97. The van der Waals surface area contributed by atoms with Crippen molar-refractivity contribution in [2.75, 3.05) is 6.61 Å². The molecule has 1 N–H and O–H groups in total. The van der Waals surface area contributed by atoms with Crippen LogP contribution in [0.15, 0.2) is 23.6 Å². The van der Waals surface area contributed by atoms with Crippen LogP contribution in [-0.4, -0.2) is 17.4 Å². The van der Waals surface area contributed by atoms with E-state index in [4.69, 9.17) is 10.4 Å². The molecule has 0 amide bonds. The number of aliphatic hydroxyl groups excluding tert-OH is 1. The molecule has 15 heavy (non-hydrogen) atoms. The van der Waals surface area contributed by atoms with E-state index in [9.17, 15) is 17.6 Å². The van der Waals surface area contributed by atoms with Crippen molar-refractivity contribution in [1.29, 1.82) is 5.26 Å². The van der Waals surface area contributed by atoms with Crippen LogP contribution in [0.4, 0.5) is 17.6 Å². The molecule has 0 saturated carbocycles. The molecule has 2 atom stereocenters. The van der Waals surface area contributed by atoms with Crippen LogP contribution in [0.1, 0.15) is 6.42 Å². The molecule has 0 heterocycles. The van der Waals surface area contributed by atoms with Gasteiger partial charge in [-0.05, 0) is 0 Å². The monoisotopic (exact) mass is 221 g/mol. The third-order valence-corrected chi connectivity index (χ3v) is 2.26. The summed E-state index contributed by atoms with van der Waals surface area (Å²) in [5.41, 5.74) is -2.98. The third kappa shape index (κ3) is 1.75. The molecule has 0 aromatic heterocycles. The van der Waals surface area contributed by atoms with Crippen molar-refractivity contribution in [3.05, 3.63) is 23.6 Å². The first-order valence-electron chi connectivity index (χ1n) is 4.07. The Morgan fingerprint density at radius 2 is 2.07 bits per heavy atom. The highest BCUT2D eigenvalue weighted by Crippen LogP contribution is 2.44. The highest BCUT2D eigenvalue weighted by molar-refractivity contribution is 5.34. The fourth-order valence-corrected chi connectivity index (χ4v) is 1.38. The van der Waals surface area contributed by atoms with Gasteiger partial charge in [0.1, 0.15) is 11.7 Å². The zero-order chi connectivity index (χ0) is 11.6. The van der Waals surface area contributed by atoms with Gasteiger partial charge in [-0.2, -0.15) is 5.26 Å². The Hall–Kier alpha value is -1.35. The van der Waals surface area contributed by atoms with Crippen LogP contribution in [0.3, 0.4) is 0 Å². The lowest BCUT2D eigenvalue weighted by atomic mass is 9.81. The van der Waals surface area contributed by atoms with Gasteiger partial charge in [0.15, 0.2) is 11.5 Å². The van der Waals surface area contributed by atoms with Crippen molar-refractivity contribution in [2.24, 2.45) is 5.92 Å². The highest BCUT2D eigenvalue weighted by atomic mass is 19.2. The minimum Gasteiger partial charge on any atom is -0.396 e. The quantitative estimate of drug-likeness (QED) is 0.726. The second-order valence-electron chi connectivity index (χ2n) is 3.12. The van der Waals surface area contributed by atoms with Crippen molar-refractivity contribution in [2.45, 2.75) is 12.1 Å². The molecular formula is C9H7F4NO. The van der Waals surface area contributed by atoms with Crippen LogP contribution in [-0.2, 0) is 0 Å². The van der Waals surface area contributed by atoms with Crippen molar-refractivity contribution in [3.8, 4) is 6.07 Å². The second-order valence-corrected chi connectivity index (χ2v) is 3.12. The van der Waals surface area contributed by atoms with E-state index in [1.165, 1.54) is 6.07 Å². The van der Waals surface area contributed by atoms with E-state index in [0.29, 0.717) is 0 Å². The summed E-state index contributed by atoms with van der Waals surface area (Å²) in [5.74, 6) is -6.71. The maximum absolute atomic E-state index is 13.8. The number of hydrogen-bond donors (Lipinski definition) is 1. The highest BCUT2D eigenvalue weighted by Gasteiger charge is 2.49. The number of rotatable bonds is 2. The fraction of sp³-hybridized carbons (Fsp3) is 0.444. The Kier molecular flexibility index (Phi) is 3.15. The van der Waals surface area contributed by atoms with Gasteiger partial charge in [-0.25, -0.2) is 17.6 Å². The summed E-state index contributed by atoms with van der Waals surface area (Å²) in [5, 5.41) is 16.9. The molecule has 0 radical (unpaired) electrons. The fourth-order valence-electron chi connectivity index (χ4n) is 1.38. The number of aliphatic hydroxyl groups is 1. The van der Waals surface area contributed by atoms with Crippen LogP contribution in [0, 0.1) is 17.2 Å². The summed E-state index contributed by atoms with van der Waals surface area (Å²) in [7, 11) is 0. The minimum absolute atomic E-state index is 0.0544. The summed E-state index contributed by atoms with van der Waals surface area (Å²) in [6, 6.07) is 1.33. The zero-order valence-corrected chi connectivity index (χ0v) is 7.48. The lowest BCUT2D eigenvalue weighted by molar-refractivity contribution is 0.0568. The van der Waals surface area contributed by atoms with Gasteiger partial charge in [0.05, 0.1) is 25.0 Å². The smallest absolute Gasteiger partial charge is 0.186 e. The molecule has 1 rings (SSSR count). The van der Waals surface area contributed by atoms with Crippen molar-refractivity contribution >= 4 is 0 Å². The molecule has 6 heteroatoms. The average Bonchev–Trinajstić information content (AvgIpc) is 2.16. The van der Waals surface area contributed by atoms with Gasteiger partial charge in [-0.15, -0.1) is 0 Å². The number of nitrogens with zero attached hydrogens (tertiary/aromatic N) is 1. The van der Waals surface area contributed by atoms with Gasteiger partial charge in [-0.1, -0.05) is 0 Å². The van der Waals surface area contributed by atoms with E-state index in [0.717, 1.165) is 0 Å². The van der Waals surface area contributed by atoms with Crippen molar-refractivity contribution < 1.29 is 22.7 Å². The molecule has 0 spiro atoms. The third-order valence-electron chi connectivity index (χ3n) is 2.26. The molecule has 82 valence electrons. The van der Waals surface area contributed by atoms with Crippen molar-refractivity contribution in [1.82, 2.24) is 0 Å². The van der Waals surface area contributed by atoms with E-state index in [2.05, 4.69) is 0 Å². The number of allylic oxidation sites excluding steroid dienone is 3. The average molecular weight is 221 g/mol. The predicted molar refractivity (Wildman–Crippen MR) is 43.1 cm³/mol. The molecule has 0 aromatic rings. The number of nitriles is 1. The summed E-state index contributed by atoms with van der Waals surface area (Å²) in [6.45, 7) is -1.11. The standard InChI is InChI=1S/C9H7F4NO/c10-6-3-7(11)9(13,1-2-14)5(4-15)8(6)12/h3,5,15H,1,4H2. The lowest BCUT2D eigenvalue weighted by Crippen LogP contribution is -2.39. The Bertz CT molecular complexity index is 371. The first-order valence-corrected chi connectivity index (χ1v) is 4.07. The molecule has 2 unspecified atom stereocenters. The van der Waals surface area contributed by atoms with Crippen LogP contribution in [0.25, 0.3) is 0 Å². The van der Waals surface area contributed by atoms with E-state index in [1.807, 2.05) is 0 Å². The molecule has 0 saturated heterocycles. The molecular weight excluding hydrogens is 214 g/mol. The van der Waals surface area contributed by atoms with E-state index in [-0.39, 0.29) is 6.08 Å². The van der Waals surface area contributed by atoms with Gasteiger partial charge < -0.3 is 5.11 Å². The maximum atomic E-state index is 13.8. The molecule has 1 aliphatic carbocycles. The lowest BCUT2D eigenvalue weighted by Gasteiger charge is -2.30. The van der Waals surface area contributed by atoms with Gasteiger partial charge in [-0.3, -0.25) is 0 Å².